The molecule has 0 fully saturated rings. The van der Waals surface area contributed by atoms with Crippen LogP contribution in [0.25, 0.3) is 11.1 Å². The minimum absolute atomic E-state index is 0.134. The number of thiophene rings is 1. The monoisotopic (exact) mass is 324 g/mol. The Labute approximate surface area is 124 Å². The molecule has 2 aromatic heterocycles. The van der Waals surface area contributed by atoms with E-state index in [0.29, 0.717) is 11.1 Å². The molecule has 3 aromatic rings. The molecule has 0 saturated carbocycles. The van der Waals surface area contributed by atoms with Gasteiger partial charge in [-0.1, -0.05) is 12.1 Å². The highest BCUT2D eigenvalue weighted by molar-refractivity contribution is 7.91. The van der Waals surface area contributed by atoms with Gasteiger partial charge in [-0.3, -0.25) is 4.57 Å². The first-order valence-corrected chi connectivity index (χ1v) is 8.45. The third kappa shape index (κ3) is 2.65. The fraction of sp³-hybridized carbons (Fsp3) is 0.154. The quantitative estimate of drug-likeness (QED) is 0.791. The lowest BCUT2D eigenvalue weighted by Gasteiger charge is -2.04. The number of hydrogen-bond donors (Lipinski definition) is 1. The molecular weight excluding hydrogens is 312 g/mol. The normalized spacial score (nSPS) is 12.0. The fourth-order valence-electron chi connectivity index (χ4n) is 1.95. The van der Waals surface area contributed by atoms with Gasteiger partial charge < -0.3 is 4.42 Å². The zero-order valence-corrected chi connectivity index (χ0v) is 12.7. The topological polar surface area (TPSA) is 81.3 Å². The van der Waals surface area contributed by atoms with Crippen LogP contribution in [0.4, 0.5) is 0 Å². The molecule has 0 saturated heterocycles. The molecule has 8 heteroatoms. The summed E-state index contributed by atoms with van der Waals surface area (Å²) in [7, 11) is -1.88. The van der Waals surface area contributed by atoms with E-state index in [4.69, 9.17) is 4.42 Å². The van der Waals surface area contributed by atoms with Gasteiger partial charge in [-0.05, 0) is 29.1 Å². The van der Waals surface area contributed by atoms with E-state index < -0.39 is 15.8 Å². The van der Waals surface area contributed by atoms with E-state index in [1.807, 2.05) is 0 Å². The van der Waals surface area contributed by atoms with Crippen molar-refractivity contribution in [2.24, 2.45) is 7.05 Å². The van der Waals surface area contributed by atoms with Crippen molar-refractivity contribution in [1.82, 2.24) is 9.29 Å². The van der Waals surface area contributed by atoms with E-state index >= 15 is 0 Å². The summed E-state index contributed by atoms with van der Waals surface area (Å²) in [4.78, 5) is 11.4. The van der Waals surface area contributed by atoms with Gasteiger partial charge in [0.05, 0.1) is 5.52 Å². The molecule has 0 aliphatic heterocycles. The maximum absolute atomic E-state index is 12.0. The number of aromatic nitrogens is 1. The fourth-order valence-corrected chi connectivity index (χ4v) is 4.01. The van der Waals surface area contributed by atoms with Crippen molar-refractivity contribution in [2.45, 2.75) is 10.8 Å². The van der Waals surface area contributed by atoms with Crippen molar-refractivity contribution in [3.8, 4) is 0 Å². The van der Waals surface area contributed by atoms with Crippen LogP contribution in [-0.4, -0.2) is 13.0 Å². The van der Waals surface area contributed by atoms with E-state index in [1.54, 1.807) is 42.8 Å². The Hall–Kier alpha value is -1.90. The SMILES string of the molecule is Cn1c(=O)oc2cc(CNS(=O)(=O)c3cccs3)ccc21. The second-order valence-corrected chi connectivity index (χ2v) is 7.43. The third-order valence-corrected chi connectivity index (χ3v) is 5.88. The number of nitrogens with zero attached hydrogens (tertiary/aromatic N) is 1. The predicted octanol–water partition coefficient (Wildman–Crippen LogP) is 1.67. The molecule has 0 bridgehead atoms. The van der Waals surface area contributed by atoms with Gasteiger partial charge in [-0.25, -0.2) is 17.9 Å². The second kappa shape index (κ2) is 5.14. The maximum atomic E-state index is 12.0. The van der Waals surface area contributed by atoms with Crippen molar-refractivity contribution in [3.63, 3.8) is 0 Å². The summed E-state index contributed by atoms with van der Waals surface area (Å²) in [5.74, 6) is -0.443. The van der Waals surface area contributed by atoms with Crippen LogP contribution in [0.1, 0.15) is 5.56 Å². The van der Waals surface area contributed by atoms with Crippen LogP contribution in [0.5, 0.6) is 0 Å². The van der Waals surface area contributed by atoms with Gasteiger partial charge in [0, 0.05) is 13.6 Å². The maximum Gasteiger partial charge on any atom is 0.419 e. The van der Waals surface area contributed by atoms with Crippen LogP contribution in [0.15, 0.2) is 49.1 Å². The van der Waals surface area contributed by atoms with Gasteiger partial charge in [-0.2, -0.15) is 0 Å². The van der Waals surface area contributed by atoms with Crippen LogP contribution in [0.3, 0.4) is 0 Å². The molecule has 0 aliphatic rings. The first-order chi connectivity index (χ1) is 9.97. The number of oxazole rings is 1. The average Bonchev–Trinajstić information content (AvgIpc) is 3.07. The Morgan fingerprint density at radius 2 is 2.14 bits per heavy atom. The van der Waals surface area contributed by atoms with Crippen molar-refractivity contribution >= 4 is 32.5 Å². The van der Waals surface area contributed by atoms with Gasteiger partial charge in [0.25, 0.3) is 0 Å². The van der Waals surface area contributed by atoms with E-state index in [2.05, 4.69) is 4.72 Å². The minimum atomic E-state index is -3.50. The molecular formula is C13H12N2O4S2. The first kappa shape index (κ1) is 14.1. The van der Waals surface area contributed by atoms with Crippen LogP contribution in [-0.2, 0) is 23.6 Å². The second-order valence-electron chi connectivity index (χ2n) is 4.49. The van der Waals surface area contributed by atoms with E-state index in [1.165, 1.54) is 4.57 Å². The molecule has 0 aliphatic carbocycles. The largest absolute Gasteiger partial charge is 0.419 e. The molecule has 1 N–H and O–H groups in total. The highest BCUT2D eigenvalue weighted by atomic mass is 32.2. The number of hydrogen-bond acceptors (Lipinski definition) is 5. The predicted molar refractivity (Wildman–Crippen MR) is 79.8 cm³/mol. The summed E-state index contributed by atoms with van der Waals surface area (Å²) in [6.45, 7) is 0.134. The molecule has 1 aromatic carbocycles. The Morgan fingerprint density at radius 3 is 2.86 bits per heavy atom. The van der Waals surface area contributed by atoms with Crippen LogP contribution < -0.4 is 10.5 Å². The summed E-state index contributed by atoms with van der Waals surface area (Å²) in [5.41, 5.74) is 1.83. The van der Waals surface area contributed by atoms with Crippen molar-refractivity contribution in [3.05, 3.63) is 51.8 Å². The highest BCUT2D eigenvalue weighted by Gasteiger charge is 2.15. The summed E-state index contributed by atoms with van der Waals surface area (Å²) in [6, 6.07) is 8.38. The highest BCUT2D eigenvalue weighted by Crippen LogP contribution is 2.17. The van der Waals surface area contributed by atoms with E-state index in [-0.39, 0.29) is 10.8 Å². The number of rotatable bonds is 4. The lowest BCUT2D eigenvalue weighted by Crippen LogP contribution is -2.22. The van der Waals surface area contributed by atoms with Crippen molar-refractivity contribution in [2.75, 3.05) is 0 Å². The number of benzene rings is 1. The first-order valence-electron chi connectivity index (χ1n) is 6.09. The van der Waals surface area contributed by atoms with Gasteiger partial charge in [0.2, 0.25) is 10.0 Å². The molecule has 6 nitrogen and oxygen atoms in total. The molecule has 0 amide bonds. The van der Waals surface area contributed by atoms with Crippen LogP contribution >= 0.6 is 11.3 Å². The summed E-state index contributed by atoms with van der Waals surface area (Å²) >= 11 is 1.16. The summed E-state index contributed by atoms with van der Waals surface area (Å²) in [6.07, 6.45) is 0. The minimum Gasteiger partial charge on any atom is -0.408 e. The molecule has 0 spiro atoms. The lowest BCUT2D eigenvalue weighted by molar-refractivity contribution is 0.527. The van der Waals surface area contributed by atoms with Gasteiger partial charge in [0.15, 0.2) is 5.58 Å². The van der Waals surface area contributed by atoms with E-state index in [0.717, 1.165) is 16.9 Å². The Bertz CT molecular complexity index is 936. The number of sulfonamides is 1. The molecule has 3 rings (SSSR count). The zero-order valence-electron chi connectivity index (χ0n) is 11.1. The zero-order chi connectivity index (χ0) is 15.0. The number of nitrogens with one attached hydrogen (secondary N) is 1. The molecule has 21 heavy (non-hydrogen) atoms. The molecule has 2 heterocycles. The Balaban J connectivity index is 1.84. The number of aryl methyl sites for hydroxylation is 1. The third-order valence-electron chi connectivity index (χ3n) is 3.08. The Morgan fingerprint density at radius 1 is 1.33 bits per heavy atom. The average molecular weight is 324 g/mol. The smallest absolute Gasteiger partial charge is 0.408 e. The van der Waals surface area contributed by atoms with Crippen LogP contribution in [0, 0.1) is 0 Å². The lowest BCUT2D eigenvalue weighted by atomic mass is 10.2. The van der Waals surface area contributed by atoms with Crippen molar-refractivity contribution in [1.29, 1.82) is 0 Å². The van der Waals surface area contributed by atoms with Gasteiger partial charge in [0.1, 0.15) is 4.21 Å². The van der Waals surface area contributed by atoms with Gasteiger partial charge >= 0.3 is 5.76 Å². The number of fused-ring (bicyclic) bond motifs is 1. The summed E-state index contributed by atoms with van der Waals surface area (Å²) in [5, 5.41) is 1.71. The van der Waals surface area contributed by atoms with Crippen LogP contribution in [0.2, 0.25) is 0 Å². The van der Waals surface area contributed by atoms with Gasteiger partial charge in [-0.15, -0.1) is 11.3 Å². The summed E-state index contributed by atoms with van der Waals surface area (Å²) < 4.78 is 33.3. The molecule has 0 unspecified atom stereocenters. The standard InChI is InChI=1S/C13H12N2O4S2/c1-15-10-5-4-9(7-11(10)19-13(15)16)8-14-21(17,18)12-3-2-6-20-12/h2-7,14H,8H2,1H3. The van der Waals surface area contributed by atoms with Crippen molar-refractivity contribution < 1.29 is 12.8 Å². The molecule has 0 atom stereocenters. The Kier molecular flexibility index (Phi) is 3.44. The molecule has 0 radical (unpaired) electrons. The molecule has 110 valence electrons. The van der Waals surface area contributed by atoms with E-state index in [9.17, 15) is 13.2 Å².